The summed E-state index contributed by atoms with van der Waals surface area (Å²) in [5.74, 6) is 0.378. The lowest BCUT2D eigenvalue weighted by Gasteiger charge is -2.29. The van der Waals surface area contributed by atoms with Crippen LogP contribution in [0.25, 0.3) is 0 Å². The second-order valence-electron chi connectivity index (χ2n) is 5.86. The molecule has 0 bridgehead atoms. The number of hydrogen-bond donors (Lipinski definition) is 2. The van der Waals surface area contributed by atoms with Gasteiger partial charge in [0.05, 0.1) is 5.41 Å². The molecule has 2 rings (SSSR count). The Kier molecular flexibility index (Phi) is 5.96. The van der Waals surface area contributed by atoms with Crippen LogP contribution < -0.4 is 5.32 Å². The average Bonchev–Trinajstić information content (AvgIpc) is 2.31. The van der Waals surface area contributed by atoms with Gasteiger partial charge in [-0.2, -0.15) is 0 Å². The summed E-state index contributed by atoms with van der Waals surface area (Å²) in [6, 6.07) is 0. The van der Waals surface area contributed by atoms with Crippen molar-refractivity contribution in [2.75, 3.05) is 13.1 Å². The van der Waals surface area contributed by atoms with Crippen molar-refractivity contribution in [3.8, 4) is 0 Å². The number of hydrogen-bond acceptors (Lipinski definition) is 2. The summed E-state index contributed by atoms with van der Waals surface area (Å²) in [6.45, 7) is 5.85. The largest absolute Gasteiger partial charge is 0.481 e. The molecule has 3 heteroatoms. The average molecular weight is 241 g/mol. The van der Waals surface area contributed by atoms with Gasteiger partial charge in [-0.1, -0.05) is 39.0 Å². The van der Waals surface area contributed by atoms with Gasteiger partial charge in [-0.15, -0.1) is 0 Å². The van der Waals surface area contributed by atoms with Crippen LogP contribution >= 0.6 is 0 Å². The first-order chi connectivity index (χ1) is 8.04. The summed E-state index contributed by atoms with van der Waals surface area (Å²) in [7, 11) is 0. The van der Waals surface area contributed by atoms with Gasteiger partial charge >= 0.3 is 5.97 Å². The van der Waals surface area contributed by atoms with E-state index in [2.05, 4.69) is 12.2 Å². The zero-order chi connectivity index (χ0) is 12.7. The van der Waals surface area contributed by atoms with Crippen molar-refractivity contribution in [1.82, 2.24) is 5.32 Å². The zero-order valence-corrected chi connectivity index (χ0v) is 11.3. The molecular formula is C14H27NO2. The smallest absolute Gasteiger partial charge is 0.309 e. The number of carboxylic acids is 1. The monoisotopic (exact) mass is 241 g/mol. The van der Waals surface area contributed by atoms with Crippen molar-refractivity contribution in [1.29, 1.82) is 0 Å². The summed E-state index contributed by atoms with van der Waals surface area (Å²) < 4.78 is 0. The van der Waals surface area contributed by atoms with Crippen LogP contribution in [0.3, 0.4) is 0 Å². The van der Waals surface area contributed by atoms with E-state index in [0.29, 0.717) is 0 Å². The normalized spacial score (nSPS) is 24.6. The molecule has 0 unspecified atom stereocenters. The molecule has 1 saturated carbocycles. The molecule has 1 aliphatic heterocycles. The van der Waals surface area contributed by atoms with E-state index >= 15 is 0 Å². The lowest BCUT2D eigenvalue weighted by atomic mass is 9.81. The SMILES string of the molecule is CC1(C(=O)O)CCNCC1.CC1CCCCC1. The molecule has 1 aliphatic carbocycles. The topological polar surface area (TPSA) is 49.3 Å². The van der Waals surface area contributed by atoms with E-state index in [1.807, 2.05) is 6.92 Å². The highest BCUT2D eigenvalue weighted by Gasteiger charge is 2.33. The minimum Gasteiger partial charge on any atom is -0.481 e. The predicted octanol–water partition coefficient (Wildman–Crippen LogP) is 3.05. The Morgan fingerprint density at radius 2 is 1.71 bits per heavy atom. The molecule has 100 valence electrons. The van der Waals surface area contributed by atoms with Crippen molar-refractivity contribution in [2.24, 2.45) is 11.3 Å². The lowest BCUT2D eigenvalue weighted by Crippen LogP contribution is -2.39. The number of carbonyl (C=O) groups is 1. The van der Waals surface area contributed by atoms with E-state index in [9.17, 15) is 4.79 Å². The Balaban J connectivity index is 0.000000181. The minimum absolute atomic E-state index is 0.467. The van der Waals surface area contributed by atoms with Gasteiger partial charge in [0.25, 0.3) is 0 Å². The molecule has 1 heterocycles. The molecular weight excluding hydrogens is 214 g/mol. The van der Waals surface area contributed by atoms with Crippen molar-refractivity contribution in [2.45, 2.75) is 58.8 Å². The third-order valence-electron chi connectivity index (χ3n) is 4.12. The van der Waals surface area contributed by atoms with Crippen molar-refractivity contribution < 1.29 is 9.90 Å². The summed E-state index contributed by atoms with van der Waals surface area (Å²) in [5.41, 5.74) is -0.467. The first-order valence-corrected chi connectivity index (χ1v) is 6.99. The molecule has 0 aromatic carbocycles. The second-order valence-corrected chi connectivity index (χ2v) is 5.86. The Morgan fingerprint density at radius 3 is 2.00 bits per heavy atom. The van der Waals surface area contributed by atoms with Crippen LogP contribution in [0.15, 0.2) is 0 Å². The molecule has 0 spiro atoms. The molecule has 0 atom stereocenters. The molecule has 0 amide bonds. The van der Waals surface area contributed by atoms with Crippen molar-refractivity contribution in [3.05, 3.63) is 0 Å². The molecule has 17 heavy (non-hydrogen) atoms. The summed E-state index contributed by atoms with van der Waals surface area (Å²) in [5, 5.41) is 11.9. The Morgan fingerprint density at radius 1 is 1.18 bits per heavy atom. The number of piperidine rings is 1. The molecule has 0 radical (unpaired) electrons. The molecule has 3 nitrogen and oxygen atoms in total. The number of nitrogens with one attached hydrogen (secondary N) is 1. The number of aliphatic carboxylic acids is 1. The first kappa shape index (κ1) is 14.5. The van der Waals surface area contributed by atoms with Crippen LogP contribution in [-0.2, 0) is 4.79 Å². The fourth-order valence-corrected chi connectivity index (χ4v) is 2.50. The lowest BCUT2D eigenvalue weighted by molar-refractivity contribution is -0.149. The van der Waals surface area contributed by atoms with Crippen molar-refractivity contribution in [3.63, 3.8) is 0 Å². The maximum Gasteiger partial charge on any atom is 0.309 e. The third kappa shape index (κ3) is 5.07. The Hall–Kier alpha value is -0.570. The summed E-state index contributed by atoms with van der Waals surface area (Å²) >= 11 is 0. The van der Waals surface area contributed by atoms with Crippen LogP contribution in [0.2, 0.25) is 0 Å². The fraction of sp³-hybridized carbons (Fsp3) is 0.929. The molecule has 1 saturated heterocycles. The Labute approximate surface area is 105 Å². The van der Waals surface area contributed by atoms with E-state index in [-0.39, 0.29) is 0 Å². The van der Waals surface area contributed by atoms with Gasteiger partial charge in [-0.05, 0) is 38.8 Å². The molecule has 2 fully saturated rings. The van der Waals surface area contributed by atoms with Crippen LogP contribution in [0.5, 0.6) is 0 Å². The molecule has 2 aliphatic rings. The van der Waals surface area contributed by atoms with E-state index in [4.69, 9.17) is 5.11 Å². The summed E-state index contributed by atoms with van der Waals surface area (Å²) in [4.78, 5) is 10.6. The number of rotatable bonds is 1. The molecule has 2 N–H and O–H groups in total. The maximum atomic E-state index is 10.6. The highest BCUT2D eigenvalue weighted by molar-refractivity contribution is 5.74. The van der Waals surface area contributed by atoms with E-state index in [0.717, 1.165) is 31.8 Å². The third-order valence-corrected chi connectivity index (χ3v) is 4.12. The van der Waals surface area contributed by atoms with Crippen molar-refractivity contribution >= 4 is 5.97 Å². The molecule has 0 aromatic rings. The highest BCUT2D eigenvalue weighted by atomic mass is 16.4. The second kappa shape index (κ2) is 7.00. The van der Waals surface area contributed by atoms with E-state index < -0.39 is 11.4 Å². The minimum atomic E-state index is -0.658. The quantitative estimate of drug-likeness (QED) is 0.742. The van der Waals surface area contributed by atoms with Gasteiger partial charge in [0.1, 0.15) is 0 Å². The Bertz CT molecular complexity index is 228. The first-order valence-electron chi connectivity index (χ1n) is 6.99. The number of carboxylic acid groups (broad SMARTS) is 1. The standard InChI is InChI=1S/C7H13NO2.C7H14/c1-7(6(9)10)2-4-8-5-3-7;1-7-5-3-2-4-6-7/h8H,2-5H2,1H3,(H,9,10);7H,2-6H2,1H3. The maximum absolute atomic E-state index is 10.6. The van der Waals surface area contributed by atoms with E-state index in [1.54, 1.807) is 0 Å². The highest BCUT2D eigenvalue weighted by Crippen LogP contribution is 2.27. The van der Waals surface area contributed by atoms with Gasteiger partial charge in [0.15, 0.2) is 0 Å². The van der Waals surface area contributed by atoms with Crippen LogP contribution in [-0.4, -0.2) is 24.2 Å². The van der Waals surface area contributed by atoms with Gasteiger partial charge < -0.3 is 10.4 Å². The zero-order valence-electron chi connectivity index (χ0n) is 11.3. The molecule has 0 aromatic heterocycles. The van der Waals surface area contributed by atoms with Gasteiger partial charge in [0.2, 0.25) is 0 Å². The summed E-state index contributed by atoms with van der Waals surface area (Å²) in [6.07, 6.45) is 8.94. The predicted molar refractivity (Wildman–Crippen MR) is 70.1 cm³/mol. The van der Waals surface area contributed by atoms with Crippen LogP contribution in [0, 0.1) is 11.3 Å². The van der Waals surface area contributed by atoms with Crippen LogP contribution in [0.1, 0.15) is 58.8 Å². The van der Waals surface area contributed by atoms with Crippen LogP contribution in [0.4, 0.5) is 0 Å². The fourth-order valence-electron chi connectivity index (χ4n) is 2.50. The van der Waals surface area contributed by atoms with Gasteiger partial charge in [-0.3, -0.25) is 4.79 Å². The van der Waals surface area contributed by atoms with E-state index in [1.165, 1.54) is 32.1 Å². The van der Waals surface area contributed by atoms with Gasteiger partial charge in [-0.25, -0.2) is 0 Å². The van der Waals surface area contributed by atoms with Gasteiger partial charge in [0, 0.05) is 0 Å².